The number of hydrogen-bond donors (Lipinski definition) is 1. The van der Waals surface area contributed by atoms with Gasteiger partial charge in [0.15, 0.2) is 11.5 Å². The molecule has 0 aromatic heterocycles. The maximum atomic E-state index is 5.87. The molecule has 2 aliphatic rings. The van der Waals surface area contributed by atoms with Crippen LogP contribution in [0, 0.1) is 0 Å². The van der Waals surface area contributed by atoms with E-state index >= 15 is 0 Å². The van der Waals surface area contributed by atoms with Crippen LogP contribution in [0.4, 0.5) is 0 Å². The number of nitrogens with zero attached hydrogens (tertiary/aromatic N) is 1. The van der Waals surface area contributed by atoms with Crippen LogP contribution in [0.15, 0.2) is 18.2 Å². The molecule has 1 heterocycles. The molecule has 1 aliphatic carbocycles. The predicted molar refractivity (Wildman–Crippen MR) is 90.2 cm³/mol. The molecule has 1 saturated heterocycles. The molecule has 1 saturated carbocycles. The second-order valence-corrected chi connectivity index (χ2v) is 6.27. The highest BCUT2D eigenvalue weighted by atomic mass is 16.5. The molecule has 3 rings (SSSR count). The van der Waals surface area contributed by atoms with E-state index in [-0.39, 0.29) is 0 Å². The van der Waals surface area contributed by atoms with Crippen LogP contribution in [-0.2, 0) is 11.3 Å². The van der Waals surface area contributed by atoms with Gasteiger partial charge in [0.1, 0.15) is 0 Å². The molecular formula is C18H28N2O3. The third-order valence-electron chi connectivity index (χ3n) is 4.46. The van der Waals surface area contributed by atoms with E-state index in [4.69, 9.17) is 14.2 Å². The molecule has 1 atom stereocenters. The highest BCUT2D eigenvalue weighted by molar-refractivity contribution is 5.42. The molecule has 0 unspecified atom stereocenters. The summed E-state index contributed by atoms with van der Waals surface area (Å²) >= 11 is 0. The smallest absolute Gasteiger partial charge is 0.161 e. The number of benzene rings is 1. The van der Waals surface area contributed by atoms with Gasteiger partial charge in [-0.2, -0.15) is 0 Å². The van der Waals surface area contributed by atoms with Gasteiger partial charge in [-0.3, -0.25) is 4.90 Å². The van der Waals surface area contributed by atoms with Gasteiger partial charge >= 0.3 is 0 Å². The van der Waals surface area contributed by atoms with Crippen molar-refractivity contribution in [2.45, 2.75) is 38.5 Å². The van der Waals surface area contributed by atoms with Crippen LogP contribution < -0.4 is 14.8 Å². The van der Waals surface area contributed by atoms with E-state index < -0.39 is 0 Å². The van der Waals surface area contributed by atoms with Gasteiger partial charge in [0.2, 0.25) is 0 Å². The molecule has 0 spiro atoms. The first-order chi connectivity index (χ1) is 11.3. The number of morpholine rings is 1. The van der Waals surface area contributed by atoms with Crippen molar-refractivity contribution in [3.8, 4) is 11.5 Å². The molecule has 128 valence electrons. The van der Waals surface area contributed by atoms with E-state index in [0.717, 1.165) is 50.3 Å². The number of rotatable bonds is 8. The second kappa shape index (κ2) is 7.99. The molecule has 0 radical (unpaired) electrons. The van der Waals surface area contributed by atoms with E-state index in [2.05, 4.69) is 16.3 Å². The quantitative estimate of drug-likeness (QED) is 0.794. The van der Waals surface area contributed by atoms with Crippen LogP contribution in [0.5, 0.6) is 11.5 Å². The zero-order valence-electron chi connectivity index (χ0n) is 14.2. The van der Waals surface area contributed by atoms with Crippen molar-refractivity contribution in [2.75, 3.05) is 40.0 Å². The lowest BCUT2D eigenvalue weighted by Crippen LogP contribution is -2.47. The summed E-state index contributed by atoms with van der Waals surface area (Å²) in [5.41, 5.74) is 1.20. The number of methoxy groups -OCH3 is 1. The van der Waals surface area contributed by atoms with Crippen molar-refractivity contribution in [3.63, 3.8) is 0 Å². The van der Waals surface area contributed by atoms with Crippen LogP contribution >= 0.6 is 0 Å². The Kier molecular flexibility index (Phi) is 5.75. The first kappa shape index (κ1) is 16.6. The molecule has 5 heteroatoms. The minimum absolute atomic E-state index is 0.300. The monoisotopic (exact) mass is 320 g/mol. The van der Waals surface area contributed by atoms with Crippen molar-refractivity contribution >= 4 is 0 Å². The summed E-state index contributed by atoms with van der Waals surface area (Å²) in [7, 11) is 1.67. The van der Waals surface area contributed by atoms with Gasteiger partial charge in [-0.25, -0.2) is 0 Å². The Morgan fingerprint density at radius 1 is 1.30 bits per heavy atom. The molecule has 0 amide bonds. The Balaban J connectivity index is 1.47. The number of ether oxygens (including phenoxy) is 3. The summed E-state index contributed by atoms with van der Waals surface area (Å²) in [6.45, 7) is 7.34. The molecule has 5 nitrogen and oxygen atoms in total. The van der Waals surface area contributed by atoms with Gasteiger partial charge in [0, 0.05) is 32.2 Å². The third-order valence-corrected chi connectivity index (χ3v) is 4.46. The topological polar surface area (TPSA) is 43.0 Å². The Morgan fingerprint density at radius 2 is 2.17 bits per heavy atom. The van der Waals surface area contributed by atoms with E-state index in [9.17, 15) is 0 Å². The average Bonchev–Trinajstić information content (AvgIpc) is 3.41. The van der Waals surface area contributed by atoms with Crippen molar-refractivity contribution in [1.82, 2.24) is 10.2 Å². The van der Waals surface area contributed by atoms with Crippen molar-refractivity contribution in [1.29, 1.82) is 0 Å². The molecule has 1 aliphatic heterocycles. The second-order valence-electron chi connectivity index (χ2n) is 6.27. The van der Waals surface area contributed by atoms with Crippen LogP contribution in [0.3, 0.4) is 0 Å². The molecule has 1 aromatic carbocycles. The zero-order chi connectivity index (χ0) is 16.1. The minimum Gasteiger partial charge on any atom is -0.493 e. The van der Waals surface area contributed by atoms with E-state index in [1.807, 2.05) is 19.1 Å². The highest BCUT2D eigenvalue weighted by Gasteiger charge is 2.32. The zero-order valence-corrected chi connectivity index (χ0v) is 14.2. The van der Waals surface area contributed by atoms with Crippen LogP contribution in [0.1, 0.15) is 25.3 Å². The predicted octanol–water partition coefficient (Wildman–Crippen LogP) is 2.05. The number of nitrogens with one attached hydrogen (secondary N) is 1. The van der Waals surface area contributed by atoms with Gasteiger partial charge in [-0.1, -0.05) is 6.07 Å². The third kappa shape index (κ3) is 4.59. The van der Waals surface area contributed by atoms with Crippen LogP contribution in [0.2, 0.25) is 0 Å². The Bertz CT molecular complexity index is 505. The fourth-order valence-electron chi connectivity index (χ4n) is 3.11. The summed E-state index contributed by atoms with van der Waals surface area (Å²) in [5, 5.41) is 3.51. The SMILES string of the molecule is CCOc1cc(CNC[C@H]2CN(C3CC3)CCO2)ccc1OC. The van der Waals surface area contributed by atoms with Gasteiger partial charge < -0.3 is 19.5 Å². The van der Waals surface area contributed by atoms with Crippen molar-refractivity contribution in [3.05, 3.63) is 23.8 Å². The molecule has 23 heavy (non-hydrogen) atoms. The number of hydrogen-bond acceptors (Lipinski definition) is 5. The van der Waals surface area contributed by atoms with Gasteiger partial charge in [-0.15, -0.1) is 0 Å². The fraction of sp³-hybridized carbons (Fsp3) is 0.667. The van der Waals surface area contributed by atoms with Crippen LogP contribution in [-0.4, -0.2) is 57.0 Å². The molecule has 1 N–H and O–H groups in total. The molecule has 0 bridgehead atoms. The van der Waals surface area contributed by atoms with Crippen molar-refractivity contribution < 1.29 is 14.2 Å². The standard InChI is InChI=1S/C18H28N2O3/c1-3-22-18-10-14(4-7-17(18)21-2)11-19-12-16-13-20(8-9-23-16)15-5-6-15/h4,7,10,15-16,19H,3,5-6,8-9,11-13H2,1-2H3/t16-/m0/s1. The Morgan fingerprint density at radius 3 is 2.91 bits per heavy atom. The van der Waals surface area contributed by atoms with E-state index in [1.165, 1.54) is 18.4 Å². The van der Waals surface area contributed by atoms with E-state index in [0.29, 0.717) is 12.7 Å². The average molecular weight is 320 g/mol. The summed E-state index contributed by atoms with van der Waals surface area (Å²) < 4.78 is 16.8. The maximum Gasteiger partial charge on any atom is 0.161 e. The first-order valence-corrected chi connectivity index (χ1v) is 8.66. The first-order valence-electron chi connectivity index (χ1n) is 8.66. The lowest BCUT2D eigenvalue weighted by Gasteiger charge is -2.33. The van der Waals surface area contributed by atoms with Crippen LogP contribution in [0.25, 0.3) is 0 Å². The lowest BCUT2D eigenvalue weighted by molar-refractivity contribution is -0.0301. The summed E-state index contributed by atoms with van der Waals surface area (Å²) in [6, 6.07) is 6.92. The molecule has 2 fully saturated rings. The van der Waals surface area contributed by atoms with Gasteiger partial charge in [0.05, 0.1) is 26.4 Å². The maximum absolute atomic E-state index is 5.87. The summed E-state index contributed by atoms with van der Waals surface area (Å²) in [6.07, 6.45) is 3.03. The normalized spacial score (nSPS) is 22.1. The summed E-state index contributed by atoms with van der Waals surface area (Å²) in [4.78, 5) is 2.58. The molecule has 1 aromatic rings. The lowest BCUT2D eigenvalue weighted by atomic mass is 10.2. The minimum atomic E-state index is 0.300. The largest absolute Gasteiger partial charge is 0.493 e. The summed E-state index contributed by atoms with van der Waals surface area (Å²) in [5.74, 6) is 1.59. The highest BCUT2D eigenvalue weighted by Crippen LogP contribution is 2.29. The fourth-order valence-corrected chi connectivity index (χ4v) is 3.11. The Hall–Kier alpha value is -1.30. The van der Waals surface area contributed by atoms with Gasteiger partial charge in [-0.05, 0) is 37.5 Å². The van der Waals surface area contributed by atoms with Gasteiger partial charge in [0.25, 0.3) is 0 Å². The van der Waals surface area contributed by atoms with E-state index in [1.54, 1.807) is 7.11 Å². The van der Waals surface area contributed by atoms with Crippen molar-refractivity contribution in [2.24, 2.45) is 0 Å². The molecular weight excluding hydrogens is 292 g/mol. The Labute approximate surface area is 138 Å².